The van der Waals surface area contributed by atoms with Crippen LogP contribution in [0.4, 0.5) is 20.2 Å². The van der Waals surface area contributed by atoms with E-state index < -0.39 is 23.4 Å². The first-order chi connectivity index (χ1) is 16.4. The summed E-state index contributed by atoms with van der Waals surface area (Å²) in [5.74, 6) is -2.60. The molecule has 0 aliphatic heterocycles. The van der Waals surface area contributed by atoms with Crippen molar-refractivity contribution < 1.29 is 27.5 Å². The van der Waals surface area contributed by atoms with Crippen molar-refractivity contribution in [2.75, 3.05) is 10.6 Å². The number of aromatic nitrogens is 2. The Morgan fingerprint density at radius 1 is 1.03 bits per heavy atom. The van der Waals surface area contributed by atoms with Crippen LogP contribution in [0.3, 0.4) is 0 Å². The largest absolute Gasteiger partial charge is 0.483 e. The van der Waals surface area contributed by atoms with E-state index in [9.17, 15) is 18.4 Å². The first-order valence-electron chi connectivity index (χ1n) is 10.3. The van der Waals surface area contributed by atoms with Gasteiger partial charge in [-0.1, -0.05) is 18.2 Å². The number of rotatable bonds is 8. The zero-order valence-corrected chi connectivity index (χ0v) is 18.0. The topological polar surface area (TPSA) is 98.4 Å². The van der Waals surface area contributed by atoms with Crippen LogP contribution in [0.15, 0.2) is 71.3 Å². The Morgan fingerprint density at radius 2 is 1.82 bits per heavy atom. The van der Waals surface area contributed by atoms with Crippen molar-refractivity contribution in [2.45, 2.75) is 20.1 Å². The molecule has 0 spiro atoms. The van der Waals surface area contributed by atoms with Gasteiger partial charge in [-0.05, 0) is 43.3 Å². The highest BCUT2D eigenvalue weighted by molar-refractivity contribution is 6.10. The maximum absolute atomic E-state index is 13.7. The second-order valence-corrected chi connectivity index (χ2v) is 7.15. The maximum atomic E-state index is 13.7. The SMILES string of the molecule is CCn1cc(NC(=O)c2ccc(COc3ccc(F)cc3F)o2)c(C(=O)Nc2ccccc2)n1. The van der Waals surface area contributed by atoms with Gasteiger partial charge in [-0.2, -0.15) is 5.10 Å². The first-order valence-corrected chi connectivity index (χ1v) is 10.3. The van der Waals surface area contributed by atoms with Gasteiger partial charge >= 0.3 is 0 Å². The van der Waals surface area contributed by atoms with Crippen molar-refractivity contribution in [2.24, 2.45) is 0 Å². The predicted molar refractivity (Wildman–Crippen MR) is 120 cm³/mol. The smallest absolute Gasteiger partial charge is 0.291 e. The van der Waals surface area contributed by atoms with Crippen LogP contribution in [-0.4, -0.2) is 21.6 Å². The zero-order chi connectivity index (χ0) is 24.1. The minimum absolute atomic E-state index is 0.0425. The lowest BCUT2D eigenvalue weighted by atomic mass is 10.3. The number of amides is 2. The number of furan rings is 1. The molecule has 0 saturated carbocycles. The Kier molecular flexibility index (Phi) is 6.67. The van der Waals surface area contributed by atoms with E-state index in [1.807, 2.05) is 13.0 Å². The highest BCUT2D eigenvalue weighted by Crippen LogP contribution is 2.21. The van der Waals surface area contributed by atoms with Gasteiger partial charge in [0.1, 0.15) is 18.2 Å². The van der Waals surface area contributed by atoms with Crippen molar-refractivity contribution in [1.29, 1.82) is 0 Å². The van der Waals surface area contributed by atoms with Gasteiger partial charge in [0, 0.05) is 24.5 Å². The second-order valence-electron chi connectivity index (χ2n) is 7.15. The number of anilines is 2. The van der Waals surface area contributed by atoms with E-state index in [2.05, 4.69) is 15.7 Å². The Bertz CT molecular complexity index is 1320. The van der Waals surface area contributed by atoms with E-state index in [0.717, 1.165) is 12.1 Å². The monoisotopic (exact) mass is 466 g/mol. The molecular formula is C24H20F2N4O4. The molecule has 4 aromatic rings. The molecule has 10 heteroatoms. The van der Waals surface area contributed by atoms with Crippen molar-refractivity contribution >= 4 is 23.2 Å². The molecule has 4 rings (SSSR count). The van der Waals surface area contributed by atoms with Gasteiger partial charge in [0.25, 0.3) is 11.8 Å². The third kappa shape index (κ3) is 5.29. The number of ether oxygens (including phenoxy) is 1. The fourth-order valence-electron chi connectivity index (χ4n) is 3.06. The van der Waals surface area contributed by atoms with Crippen LogP contribution >= 0.6 is 0 Å². The summed E-state index contributed by atoms with van der Waals surface area (Å²) in [6, 6.07) is 14.7. The summed E-state index contributed by atoms with van der Waals surface area (Å²) >= 11 is 0. The molecule has 2 aromatic heterocycles. The number of nitrogens with one attached hydrogen (secondary N) is 2. The summed E-state index contributed by atoms with van der Waals surface area (Å²) in [6.07, 6.45) is 1.54. The lowest BCUT2D eigenvalue weighted by molar-refractivity contribution is 0.0992. The number of benzene rings is 2. The van der Waals surface area contributed by atoms with Gasteiger partial charge in [0.2, 0.25) is 0 Å². The standard InChI is InChI=1S/C24H20F2N4O4/c1-2-30-13-19(22(29-30)24(32)27-16-6-4-3-5-7-16)28-23(31)21-11-9-17(34-21)14-33-20-10-8-15(25)12-18(20)26/h3-13H,2,14H2,1H3,(H,27,32)(H,28,31). The molecule has 0 fully saturated rings. The van der Waals surface area contributed by atoms with Crippen molar-refractivity contribution in [3.8, 4) is 5.75 Å². The van der Waals surface area contributed by atoms with Crippen LogP contribution in [0.1, 0.15) is 33.7 Å². The maximum Gasteiger partial charge on any atom is 0.291 e. The number of carbonyl (C=O) groups excluding carboxylic acids is 2. The Balaban J connectivity index is 1.44. The summed E-state index contributed by atoms with van der Waals surface area (Å²) in [5.41, 5.74) is 0.841. The molecule has 0 radical (unpaired) electrons. The molecule has 0 aliphatic rings. The van der Waals surface area contributed by atoms with Crippen molar-refractivity contribution in [3.05, 3.63) is 95.7 Å². The fourth-order valence-corrected chi connectivity index (χ4v) is 3.06. The number of halogens is 2. The van der Waals surface area contributed by atoms with Crippen molar-refractivity contribution in [1.82, 2.24) is 9.78 Å². The highest BCUT2D eigenvalue weighted by Gasteiger charge is 2.21. The van der Waals surface area contributed by atoms with Gasteiger partial charge in [0.05, 0.1) is 5.69 Å². The molecule has 0 aliphatic carbocycles. The minimum atomic E-state index is -0.848. The molecule has 0 unspecified atom stereocenters. The number of nitrogens with zero attached hydrogens (tertiary/aromatic N) is 2. The van der Waals surface area contributed by atoms with Gasteiger partial charge in [-0.3, -0.25) is 14.3 Å². The molecule has 2 N–H and O–H groups in total. The fraction of sp³-hybridized carbons (Fsp3) is 0.125. The van der Waals surface area contributed by atoms with Crippen molar-refractivity contribution in [3.63, 3.8) is 0 Å². The Morgan fingerprint density at radius 3 is 2.56 bits per heavy atom. The Hall–Kier alpha value is -4.47. The van der Waals surface area contributed by atoms with Crippen LogP contribution in [0.25, 0.3) is 0 Å². The predicted octanol–water partition coefficient (Wildman–Crippen LogP) is 4.86. The molecule has 8 nitrogen and oxygen atoms in total. The van der Waals surface area contributed by atoms with E-state index >= 15 is 0 Å². The summed E-state index contributed by atoms with van der Waals surface area (Å²) in [7, 11) is 0. The summed E-state index contributed by atoms with van der Waals surface area (Å²) in [4.78, 5) is 25.4. The zero-order valence-electron chi connectivity index (χ0n) is 18.0. The van der Waals surface area contributed by atoms with Gasteiger partial charge in [0.15, 0.2) is 23.0 Å². The van der Waals surface area contributed by atoms with Crippen LogP contribution in [-0.2, 0) is 13.2 Å². The second kappa shape index (κ2) is 9.99. The Labute approximate surface area is 193 Å². The van der Waals surface area contributed by atoms with E-state index in [1.165, 1.54) is 16.8 Å². The van der Waals surface area contributed by atoms with E-state index in [0.29, 0.717) is 18.3 Å². The molecular weight excluding hydrogens is 446 g/mol. The number of carbonyl (C=O) groups is 2. The average molecular weight is 466 g/mol. The average Bonchev–Trinajstić information content (AvgIpc) is 3.46. The number of hydrogen-bond donors (Lipinski definition) is 2. The summed E-state index contributed by atoms with van der Waals surface area (Å²) in [6.45, 7) is 2.16. The summed E-state index contributed by atoms with van der Waals surface area (Å²) in [5, 5.41) is 9.60. The highest BCUT2D eigenvalue weighted by atomic mass is 19.1. The van der Waals surface area contributed by atoms with Crippen LogP contribution in [0.2, 0.25) is 0 Å². The van der Waals surface area contributed by atoms with E-state index in [1.54, 1.807) is 30.5 Å². The molecule has 34 heavy (non-hydrogen) atoms. The van der Waals surface area contributed by atoms with Gasteiger partial charge < -0.3 is 19.8 Å². The minimum Gasteiger partial charge on any atom is -0.483 e. The van der Waals surface area contributed by atoms with E-state index in [4.69, 9.17) is 9.15 Å². The van der Waals surface area contributed by atoms with Gasteiger partial charge in [-0.25, -0.2) is 8.78 Å². The normalized spacial score (nSPS) is 10.7. The van der Waals surface area contributed by atoms with Crippen LogP contribution < -0.4 is 15.4 Å². The molecule has 174 valence electrons. The van der Waals surface area contributed by atoms with Crippen LogP contribution in [0, 0.1) is 11.6 Å². The number of para-hydroxylation sites is 1. The molecule has 0 saturated heterocycles. The molecule has 2 amide bonds. The molecule has 0 bridgehead atoms. The molecule has 0 atom stereocenters. The molecule has 2 aromatic carbocycles. The third-order valence-electron chi connectivity index (χ3n) is 4.73. The number of hydrogen-bond acceptors (Lipinski definition) is 5. The van der Waals surface area contributed by atoms with Crippen LogP contribution in [0.5, 0.6) is 5.75 Å². The quantitative estimate of drug-likeness (QED) is 0.387. The first kappa shape index (κ1) is 22.7. The van der Waals surface area contributed by atoms with Gasteiger partial charge in [-0.15, -0.1) is 0 Å². The summed E-state index contributed by atoms with van der Waals surface area (Å²) < 4.78 is 39.0. The van der Waals surface area contributed by atoms with E-state index in [-0.39, 0.29) is 35.3 Å². The lowest BCUT2D eigenvalue weighted by Gasteiger charge is -2.06. The number of aryl methyl sites for hydroxylation is 1. The lowest BCUT2D eigenvalue weighted by Crippen LogP contribution is -2.17. The third-order valence-corrected chi connectivity index (χ3v) is 4.73. The molecule has 2 heterocycles.